The molecular weight excluding hydrogens is 376 g/mol. The lowest BCUT2D eigenvalue weighted by atomic mass is 10.1. The number of carbonyl (C=O) groups is 1. The van der Waals surface area contributed by atoms with Crippen LogP contribution in [0.4, 0.5) is 5.69 Å². The number of hydrogen-bond acceptors (Lipinski definition) is 4. The number of hydrogen-bond donors (Lipinski definition) is 2. The molecule has 26 heavy (non-hydrogen) atoms. The fourth-order valence-electron chi connectivity index (χ4n) is 2.25. The lowest BCUT2D eigenvalue weighted by Crippen LogP contribution is -2.33. The molecule has 0 aliphatic rings. The second kappa shape index (κ2) is 8.07. The highest BCUT2D eigenvalue weighted by Gasteiger charge is 2.21. The van der Waals surface area contributed by atoms with Gasteiger partial charge in [0.1, 0.15) is 10.6 Å². The highest BCUT2D eigenvalue weighted by molar-refractivity contribution is 7.89. The van der Waals surface area contributed by atoms with Crippen molar-refractivity contribution in [2.24, 2.45) is 0 Å². The Morgan fingerprint density at radius 3 is 2.35 bits per heavy atom. The number of ether oxygens (including phenoxy) is 1. The van der Waals surface area contributed by atoms with Crippen LogP contribution in [0.3, 0.4) is 0 Å². The van der Waals surface area contributed by atoms with Crippen LogP contribution in [0.5, 0.6) is 5.75 Å². The molecule has 0 aliphatic heterocycles. The average molecular weight is 397 g/mol. The first-order valence-corrected chi connectivity index (χ1v) is 9.71. The third kappa shape index (κ3) is 4.75. The molecule has 0 saturated heterocycles. The van der Waals surface area contributed by atoms with Crippen molar-refractivity contribution in [3.8, 4) is 5.75 Å². The Hall–Kier alpha value is -2.09. The van der Waals surface area contributed by atoms with Crippen molar-refractivity contribution in [1.82, 2.24) is 4.72 Å². The van der Waals surface area contributed by atoms with E-state index in [9.17, 15) is 13.2 Å². The average Bonchev–Trinajstić information content (AvgIpc) is 2.58. The van der Waals surface area contributed by atoms with Crippen molar-refractivity contribution in [3.05, 3.63) is 52.0 Å². The minimum Gasteiger partial charge on any atom is -0.495 e. The summed E-state index contributed by atoms with van der Waals surface area (Å²) in [6.07, 6.45) is 0. The van der Waals surface area contributed by atoms with Crippen LogP contribution < -0.4 is 14.8 Å². The Labute approximate surface area is 158 Å². The molecule has 0 unspecified atom stereocenters. The summed E-state index contributed by atoms with van der Waals surface area (Å²) in [4.78, 5) is 12.0. The van der Waals surface area contributed by atoms with Crippen molar-refractivity contribution < 1.29 is 17.9 Å². The van der Waals surface area contributed by atoms with E-state index in [1.54, 1.807) is 24.3 Å². The first-order valence-electron chi connectivity index (χ1n) is 7.85. The third-order valence-corrected chi connectivity index (χ3v) is 5.78. The predicted molar refractivity (Wildman–Crippen MR) is 102 cm³/mol. The van der Waals surface area contributed by atoms with Crippen molar-refractivity contribution in [3.63, 3.8) is 0 Å². The molecule has 2 N–H and O–H groups in total. The molecule has 0 saturated carbocycles. The number of benzene rings is 2. The van der Waals surface area contributed by atoms with Crippen LogP contribution in [-0.4, -0.2) is 28.0 Å². The molecule has 2 rings (SSSR count). The number of carbonyl (C=O) groups excluding carboxylic acids is 1. The van der Waals surface area contributed by atoms with E-state index >= 15 is 0 Å². The van der Waals surface area contributed by atoms with Gasteiger partial charge in [-0.1, -0.05) is 17.7 Å². The van der Waals surface area contributed by atoms with Crippen LogP contribution in [0.1, 0.15) is 16.7 Å². The van der Waals surface area contributed by atoms with E-state index in [4.69, 9.17) is 16.3 Å². The topological polar surface area (TPSA) is 84.5 Å². The van der Waals surface area contributed by atoms with Crippen molar-refractivity contribution in [1.29, 1.82) is 0 Å². The zero-order valence-electron chi connectivity index (χ0n) is 15.0. The van der Waals surface area contributed by atoms with E-state index in [2.05, 4.69) is 10.0 Å². The maximum Gasteiger partial charge on any atom is 0.244 e. The second-order valence-corrected chi connectivity index (χ2v) is 8.07. The highest BCUT2D eigenvalue weighted by atomic mass is 35.5. The molecule has 140 valence electrons. The van der Waals surface area contributed by atoms with Gasteiger partial charge in [0.15, 0.2) is 0 Å². The van der Waals surface area contributed by atoms with Gasteiger partial charge >= 0.3 is 0 Å². The minimum absolute atomic E-state index is 0.00530. The Morgan fingerprint density at radius 1 is 1.08 bits per heavy atom. The van der Waals surface area contributed by atoms with Crippen LogP contribution in [0.2, 0.25) is 5.02 Å². The first kappa shape index (κ1) is 20.2. The van der Waals surface area contributed by atoms with Crippen LogP contribution in [0.15, 0.2) is 35.2 Å². The number of methoxy groups -OCH3 is 1. The predicted octanol–water partition coefficient (Wildman–Crippen LogP) is 3.19. The van der Waals surface area contributed by atoms with E-state index in [-0.39, 0.29) is 10.6 Å². The normalized spacial score (nSPS) is 11.3. The molecule has 2 aromatic rings. The number of nitrogens with one attached hydrogen (secondary N) is 2. The molecule has 0 heterocycles. The molecule has 6 nitrogen and oxygen atoms in total. The van der Waals surface area contributed by atoms with Gasteiger partial charge in [-0.15, -0.1) is 0 Å². The number of amides is 1. The molecule has 0 aromatic heterocycles. The molecule has 0 bridgehead atoms. The summed E-state index contributed by atoms with van der Waals surface area (Å²) >= 11 is 6.01. The van der Waals surface area contributed by atoms with E-state index < -0.39 is 22.5 Å². The number of anilines is 1. The van der Waals surface area contributed by atoms with E-state index in [0.29, 0.717) is 10.7 Å². The Morgan fingerprint density at radius 2 is 1.73 bits per heavy atom. The molecule has 0 atom stereocenters. The molecule has 0 fully saturated rings. The van der Waals surface area contributed by atoms with Gasteiger partial charge in [-0.25, -0.2) is 13.1 Å². The van der Waals surface area contributed by atoms with Gasteiger partial charge in [0.05, 0.1) is 13.7 Å². The molecule has 1 amide bonds. The molecule has 0 spiro atoms. The van der Waals surface area contributed by atoms with Gasteiger partial charge in [0.25, 0.3) is 0 Å². The van der Waals surface area contributed by atoms with Crippen LogP contribution in [0.25, 0.3) is 0 Å². The van der Waals surface area contributed by atoms with Gasteiger partial charge in [-0.3, -0.25) is 4.79 Å². The lowest BCUT2D eigenvalue weighted by molar-refractivity contribution is -0.115. The maximum absolute atomic E-state index is 12.5. The monoisotopic (exact) mass is 396 g/mol. The molecule has 0 aliphatic carbocycles. The van der Waals surface area contributed by atoms with Gasteiger partial charge < -0.3 is 10.1 Å². The summed E-state index contributed by atoms with van der Waals surface area (Å²) in [6.45, 7) is 5.10. The Kier molecular flexibility index (Phi) is 6.28. The van der Waals surface area contributed by atoms with Gasteiger partial charge in [-0.05, 0) is 61.7 Å². The minimum atomic E-state index is -3.91. The SMILES string of the molecule is COc1cc(C)c(C)cc1S(=O)(=O)NCC(=O)Nc1ccc(C)c(Cl)c1. The quantitative estimate of drug-likeness (QED) is 0.785. The standard InChI is InChI=1S/C18H21ClN2O4S/c1-11-5-6-14(9-15(11)19)21-18(22)10-20-26(23,24)17-8-13(3)12(2)7-16(17)25-4/h5-9,20H,10H2,1-4H3,(H,21,22). The zero-order chi connectivity index (χ0) is 19.5. The fraction of sp³-hybridized carbons (Fsp3) is 0.278. The number of rotatable bonds is 6. The number of sulfonamides is 1. The summed E-state index contributed by atoms with van der Waals surface area (Å²) < 4.78 is 32.5. The van der Waals surface area contributed by atoms with Crippen molar-refractivity contribution in [2.75, 3.05) is 19.0 Å². The summed E-state index contributed by atoms with van der Waals surface area (Å²) in [7, 11) is -2.51. The fourth-order valence-corrected chi connectivity index (χ4v) is 3.64. The van der Waals surface area contributed by atoms with E-state index in [1.807, 2.05) is 20.8 Å². The summed E-state index contributed by atoms with van der Waals surface area (Å²) in [5.74, 6) is -0.275. The first-order chi connectivity index (χ1) is 12.1. The molecule has 8 heteroatoms. The second-order valence-electron chi connectivity index (χ2n) is 5.92. The smallest absolute Gasteiger partial charge is 0.244 e. The highest BCUT2D eigenvalue weighted by Crippen LogP contribution is 2.27. The summed E-state index contributed by atoms with van der Waals surface area (Å²) in [5.41, 5.74) is 3.10. The summed E-state index contributed by atoms with van der Waals surface area (Å²) in [5, 5.41) is 3.12. The van der Waals surface area contributed by atoms with E-state index in [0.717, 1.165) is 16.7 Å². The van der Waals surface area contributed by atoms with E-state index in [1.165, 1.54) is 13.2 Å². The third-order valence-electron chi connectivity index (χ3n) is 3.95. The number of aryl methyl sites for hydroxylation is 3. The van der Waals surface area contributed by atoms with Crippen LogP contribution >= 0.6 is 11.6 Å². The zero-order valence-corrected chi connectivity index (χ0v) is 16.6. The van der Waals surface area contributed by atoms with Gasteiger partial charge in [0, 0.05) is 10.7 Å². The number of halogens is 1. The van der Waals surface area contributed by atoms with Crippen molar-refractivity contribution in [2.45, 2.75) is 25.7 Å². The van der Waals surface area contributed by atoms with Crippen LogP contribution in [-0.2, 0) is 14.8 Å². The Balaban J connectivity index is 2.11. The largest absolute Gasteiger partial charge is 0.495 e. The van der Waals surface area contributed by atoms with Gasteiger partial charge in [0.2, 0.25) is 15.9 Å². The maximum atomic E-state index is 12.5. The molecule has 0 radical (unpaired) electrons. The summed E-state index contributed by atoms with van der Waals surface area (Å²) in [6, 6.07) is 8.24. The lowest BCUT2D eigenvalue weighted by Gasteiger charge is -2.13. The van der Waals surface area contributed by atoms with Crippen LogP contribution in [0, 0.1) is 20.8 Å². The molecule has 2 aromatic carbocycles. The Bertz CT molecular complexity index is 942. The molecular formula is C18H21ClN2O4S. The van der Waals surface area contributed by atoms with Crippen molar-refractivity contribution >= 4 is 33.2 Å². The van der Waals surface area contributed by atoms with Gasteiger partial charge in [-0.2, -0.15) is 0 Å².